The van der Waals surface area contributed by atoms with Crippen molar-refractivity contribution in [1.82, 2.24) is 4.90 Å². The van der Waals surface area contributed by atoms with Gasteiger partial charge < -0.3 is 20.1 Å². The fraction of sp³-hybridized carbons (Fsp3) is 0.682. The zero-order valence-electron chi connectivity index (χ0n) is 16.9. The molecule has 2 N–H and O–H groups in total. The zero-order chi connectivity index (χ0) is 19.4. The van der Waals surface area contributed by atoms with Crippen molar-refractivity contribution in [2.45, 2.75) is 71.4 Å². The number of hydrogen-bond donors (Lipinski definition) is 2. The Morgan fingerprint density at radius 3 is 2.37 bits per heavy atom. The van der Waals surface area contributed by atoms with Crippen LogP contribution >= 0.6 is 0 Å². The van der Waals surface area contributed by atoms with Gasteiger partial charge in [0.15, 0.2) is 0 Å². The lowest BCUT2D eigenvalue weighted by Gasteiger charge is -2.37. The maximum atomic E-state index is 11.1. The lowest BCUT2D eigenvalue weighted by Crippen LogP contribution is -2.44. The second-order valence-corrected chi connectivity index (χ2v) is 9.19. The molecule has 2 aliphatic rings. The van der Waals surface area contributed by atoms with Crippen molar-refractivity contribution in [3.63, 3.8) is 0 Å². The third-order valence-electron chi connectivity index (χ3n) is 6.12. The van der Waals surface area contributed by atoms with Gasteiger partial charge >= 0.3 is 6.09 Å². The van der Waals surface area contributed by atoms with Crippen LogP contribution in [0.25, 0.3) is 0 Å². The molecule has 1 atom stereocenters. The first-order valence-corrected chi connectivity index (χ1v) is 10.3. The molecular weight excluding hydrogens is 340 g/mol. The summed E-state index contributed by atoms with van der Waals surface area (Å²) >= 11 is 0. The summed E-state index contributed by atoms with van der Waals surface area (Å²) in [5.41, 5.74) is 1.42. The van der Waals surface area contributed by atoms with E-state index in [4.69, 9.17) is 9.84 Å². The molecule has 1 unspecified atom stereocenters. The van der Waals surface area contributed by atoms with Crippen LogP contribution in [0.5, 0.6) is 5.75 Å². The van der Waals surface area contributed by atoms with Gasteiger partial charge in [0.2, 0.25) is 0 Å². The number of carboxylic acid groups (broad SMARTS) is 1. The van der Waals surface area contributed by atoms with E-state index in [1.807, 2.05) is 24.3 Å². The van der Waals surface area contributed by atoms with Crippen LogP contribution in [0.4, 0.5) is 10.5 Å². The van der Waals surface area contributed by atoms with Gasteiger partial charge in [0.05, 0.1) is 6.10 Å². The monoisotopic (exact) mass is 374 g/mol. The molecule has 150 valence electrons. The molecule has 1 aliphatic heterocycles. The van der Waals surface area contributed by atoms with Gasteiger partial charge in [0.1, 0.15) is 5.75 Å². The van der Waals surface area contributed by atoms with Crippen molar-refractivity contribution in [3.05, 3.63) is 24.3 Å². The average Bonchev–Trinajstić information content (AvgIpc) is 2.63. The Balaban J connectivity index is 1.47. The van der Waals surface area contributed by atoms with E-state index in [9.17, 15) is 4.79 Å². The fourth-order valence-corrected chi connectivity index (χ4v) is 4.37. The van der Waals surface area contributed by atoms with Gasteiger partial charge in [-0.15, -0.1) is 0 Å². The van der Waals surface area contributed by atoms with Gasteiger partial charge in [0, 0.05) is 24.8 Å². The molecule has 0 spiro atoms. The molecule has 1 saturated carbocycles. The molecule has 27 heavy (non-hydrogen) atoms. The van der Waals surface area contributed by atoms with Crippen LogP contribution < -0.4 is 10.1 Å². The summed E-state index contributed by atoms with van der Waals surface area (Å²) in [4.78, 5) is 12.6. The molecule has 0 bridgehead atoms. The first kappa shape index (κ1) is 19.8. The number of nitrogens with zero attached hydrogens (tertiary/aromatic N) is 1. The fourth-order valence-electron chi connectivity index (χ4n) is 4.37. The van der Waals surface area contributed by atoms with Crippen molar-refractivity contribution >= 4 is 11.8 Å². The van der Waals surface area contributed by atoms with Crippen molar-refractivity contribution < 1.29 is 14.6 Å². The number of nitrogens with one attached hydrogen (secondary N) is 1. The summed E-state index contributed by atoms with van der Waals surface area (Å²) in [5, 5.41) is 12.6. The van der Waals surface area contributed by atoms with Gasteiger partial charge in [-0.05, 0) is 74.1 Å². The number of hydrogen-bond acceptors (Lipinski definition) is 3. The molecule has 1 aromatic rings. The lowest BCUT2D eigenvalue weighted by molar-refractivity contribution is 0.0882. The quantitative estimate of drug-likeness (QED) is 0.758. The summed E-state index contributed by atoms with van der Waals surface area (Å²) in [7, 11) is 0. The highest BCUT2D eigenvalue weighted by Gasteiger charge is 2.30. The van der Waals surface area contributed by atoms with Crippen LogP contribution in [0, 0.1) is 11.3 Å². The average molecular weight is 375 g/mol. The Morgan fingerprint density at radius 1 is 1.11 bits per heavy atom. The van der Waals surface area contributed by atoms with Crippen LogP contribution in [0.15, 0.2) is 24.3 Å². The van der Waals surface area contributed by atoms with Gasteiger partial charge in [-0.25, -0.2) is 4.79 Å². The molecular formula is C22H34N2O3. The first-order chi connectivity index (χ1) is 12.8. The van der Waals surface area contributed by atoms with Crippen molar-refractivity contribution in [3.8, 4) is 5.75 Å². The number of ether oxygens (including phenoxy) is 1. The summed E-state index contributed by atoms with van der Waals surface area (Å²) in [5.74, 6) is 1.72. The SMILES string of the molecule is CC(C)(C)C1CCC(Oc2ccc(NC3CCCN(C(=O)O)C3)cc2)CC1. The number of anilines is 1. The van der Waals surface area contributed by atoms with Crippen molar-refractivity contribution in [1.29, 1.82) is 0 Å². The number of amides is 1. The number of piperidine rings is 1. The molecule has 1 amide bonds. The van der Waals surface area contributed by atoms with E-state index in [0.717, 1.165) is 43.0 Å². The van der Waals surface area contributed by atoms with Crippen LogP contribution in [0.3, 0.4) is 0 Å². The van der Waals surface area contributed by atoms with E-state index < -0.39 is 6.09 Å². The molecule has 0 aromatic heterocycles. The highest BCUT2D eigenvalue weighted by Crippen LogP contribution is 2.38. The summed E-state index contributed by atoms with van der Waals surface area (Å²) < 4.78 is 6.20. The third-order valence-corrected chi connectivity index (χ3v) is 6.12. The Bertz CT molecular complexity index is 615. The minimum Gasteiger partial charge on any atom is -0.490 e. The number of benzene rings is 1. The van der Waals surface area contributed by atoms with E-state index >= 15 is 0 Å². The largest absolute Gasteiger partial charge is 0.490 e. The molecule has 1 aromatic carbocycles. The maximum Gasteiger partial charge on any atom is 0.407 e. The number of rotatable bonds is 4. The third kappa shape index (κ3) is 5.53. The molecule has 3 rings (SSSR count). The van der Waals surface area contributed by atoms with Crippen LogP contribution in [0.2, 0.25) is 0 Å². The second-order valence-electron chi connectivity index (χ2n) is 9.19. The van der Waals surface area contributed by atoms with Crippen molar-refractivity contribution in [2.24, 2.45) is 11.3 Å². The Morgan fingerprint density at radius 2 is 1.78 bits per heavy atom. The summed E-state index contributed by atoms with van der Waals surface area (Å²) in [6, 6.07) is 8.30. The molecule has 1 saturated heterocycles. The number of carbonyl (C=O) groups is 1. The predicted molar refractivity (Wildman–Crippen MR) is 109 cm³/mol. The highest BCUT2D eigenvalue weighted by molar-refractivity contribution is 5.65. The Kier molecular flexibility index (Phi) is 6.18. The molecule has 1 aliphatic carbocycles. The highest BCUT2D eigenvalue weighted by atomic mass is 16.5. The molecule has 0 radical (unpaired) electrons. The van der Waals surface area contributed by atoms with Gasteiger partial charge in [-0.1, -0.05) is 20.8 Å². The van der Waals surface area contributed by atoms with Crippen LogP contribution in [-0.2, 0) is 0 Å². The Labute approximate surface area is 163 Å². The zero-order valence-corrected chi connectivity index (χ0v) is 16.9. The van der Waals surface area contributed by atoms with Crippen LogP contribution in [0.1, 0.15) is 59.3 Å². The molecule has 2 fully saturated rings. The minimum absolute atomic E-state index is 0.175. The normalized spacial score (nSPS) is 26.5. The van der Waals surface area contributed by atoms with E-state index in [0.29, 0.717) is 24.6 Å². The molecule has 5 nitrogen and oxygen atoms in total. The van der Waals surface area contributed by atoms with Crippen molar-refractivity contribution in [2.75, 3.05) is 18.4 Å². The van der Waals surface area contributed by atoms with Gasteiger partial charge in [0.25, 0.3) is 0 Å². The molecule has 5 heteroatoms. The minimum atomic E-state index is -0.827. The topological polar surface area (TPSA) is 61.8 Å². The van der Waals surface area contributed by atoms with E-state index in [-0.39, 0.29) is 6.04 Å². The molecule has 1 heterocycles. The van der Waals surface area contributed by atoms with E-state index in [2.05, 4.69) is 26.1 Å². The van der Waals surface area contributed by atoms with Gasteiger partial charge in [-0.3, -0.25) is 0 Å². The summed E-state index contributed by atoms with van der Waals surface area (Å²) in [6.07, 6.45) is 6.16. The number of likely N-dealkylation sites (tertiary alicyclic amines) is 1. The maximum absolute atomic E-state index is 11.1. The van der Waals surface area contributed by atoms with Crippen LogP contribution in [-0.4, -0.2) is 41.3 Å². The predicted octanol–water partition coefficient (Wildman–Crippen LogP) is 5.22. The Hall–Kier alpha value is -1.91. The standard InChI is InChI=1S/C22H34N2O3/c1-22(2,3)16-6-10-19(11-7-16)27-20-12-8-17(9-13-20)23-18-5-4-14-24(15-18)21(25)26/h8-9,12-13,16,18-19,23H,4-7,10-11,14-15H2,1-3H3,(H,25,26). The van der Waals surface area contributed by atoms with E-state index in [1.54, 1.807) is 0 Å². The first-order valence-electron chi connectivity index (χ1n) is 10.3. The van der Waals surface area contributed by atoms with Gasteiger partial charge in [-0.2, -0.15) is 0 Å². The smallest absolute Gasteiger partial charge is 0.407 e. The second kappa shape index (κ2) is 8.41. The summed E-state index contributed by atoms with van der Waals surface area (Å²) in [6.45, 7) is 8.20. The van der Waals surface area contributed by atoms with E-state index in [1.165, 1.54) is 17.7 Å². The lowest BCUT2D eigenvalue weighted by atomic mass is 9.72.